The van der Waals surface area contributed by atoms with Crippen molar-refractivity contribution in [3.8, 4) is 11.4 Å². The van der Waals surface area contributed by atoms with Gasteiger partial charge in [-0.05, 0) is 49.7 Å². The third-order valence-electron chi connectivity index (χ3n) is 4.23. The van der Waals surface area contributed by atoms with Gasteiger partial charge in [0.1, 0.15) is 5.75 Å². The maximum absolute atomic E-state index is 12.6. The van der Waals surface area contributed by atoms with Crippen LogP contribution in [0.3, 0.4) is 0 Å². The quantitative estimate of drug-likeness (QED) is 0.745. The molecule has 0 aliphatic carbocycles. The molecular formula is C19H17N5O3. The molecule has 2 heterocycles. The summed E-state index contributed by atoms with van der Waals surface area (Å²) in [5, 5.41) is 13.6. The summed E-state index contributed by atoms with van der Waals surface area (Å²) in [5.41, 5.74) is 3.83. The number of benzene rings is 2. The Hall–Kier alpha value is -3.68. The van der Waals surface area contributed by atoms with Crippen LogP contribution in [0.15, 0.2) is 42.5 Å². The lowest BCUT2D eigenvalue weighted by atomic mass is 10.2. The Morgan fingerprint density at radius 2 is 2.07 bits per heavy atom. The molecule has 0 bridgehead atoms. The van der Waals surface area contributed by atoms with E-state index in [-0.39, 0.29) is 24.1 Å². The van der Waals surface area contributed by atoms with Crippen LogP contribution in [0.4, 0.5) is 11.4 Å². The maximum atomic E-state index is 12.6. The molecule has 8 nitrogen and oxygen atoms in total. The normalized spacial score (nSPS) is 12.7. The van der Waals surface area contributed by atoms with Gasteiger partial charge in [0.15, 0.2) is 12.3 Å². The van der Waals surface area contributed by atoms with E-state index in [0.717, 1.165) is 11.3 Å². The highest BCUT2D eigenvalue weighted by atomic mass is 16.5. The molecule has 4 rings (SSSR count). The van der Waals surface area contributed by atoms with E-state index in [1.165, 1.54) is 0 Å². The largest absolute Gasteiger partial charge is 0.482 e. The second-order valence-electron chi connectivity index (χ2n) is 6.28. The number of hydrogen-bond acceptors (Lipinski definition) is 5. The number of aromatic nitrogens is 3. The average Bonchev–Trinajstić information content (AvgIpc) is 3.03. The van der Waals surface area contributed by atoms with Crippen LogP contribution in [0.25, 0.3) is 5.69 Å². The van der Waals surface area contributed by atoms with Gasteiger partial charge in [-0.1, -0.05) is 17.3 Å². The van der Waals surface area contributed by atoms with E-state index < -0.39 is 0 Å². The topological polar surface area (TPSA) is 98.1 Å². The van der Waals surface area contributed by atoms with E-state index in [9.17, 15) is 9.59 Å². The first kappa shape index (κ1) is 16.8. The van der Waals surface area contributed by atoms with Crippen molar-refractivity contribution < 1.29 is 14.3 Å². The molecule has 8 heteroatoms. The Kier molecular flexibility index (Phi) is 4.08. The van der Waals surface area contributed by atoms with Crippen LogP contribution >= 0.6 is 0 Å². The molecule has 0 fully saturated rings. The van der Waals surface area contributed by atoms with Crippen LogP contribution in [-0.2, 0) is 4.79 Å². The summed E-state index contributed by atoms with van der Waals surface area (Å²) < 4.78 is 6.94. The fourth-order valence-electron chi connectivity index (χ4n) is 2.90. The van der Waals surface area contributed by atoms with E-state index in [0.29, 0.717) is 22.8 Å². The summed E-state index contributed by atoms with van der Waals surface area (Å²) in [4.78, 5) is 24.1. The molecule has 1 aromatic heterocycles. The highest BCUT2D eigenvalue weighted by Gasteiger charge is 2.20. The van der Waals surface area contributed by atoms with E-state index in [4.69, 9.17) is 4.74 Å². The second kappa shape index (κ2) is 6.56. The number of hydrogen-bond donors (Lipinski definition) is 2. The molecule has 2 aromatic carbocycles. The van der Waals surface area contributed by atoms with Gasteiger partial charge in [0.05, 0.1) is 17.1 Å². The lowest BCUT2D eigenvalue weighted by Gasteiger charge is -2.18. The third-order valence-corrected chi connectivity index (χ3v) is 4.23. The summed E-state index contributed by atoms with van der Waals surface area (Å²) in [6.07, 6.45) is 0. The number of carbonyl (C=O) groups excluding carboxylic acids is 2. The number of carbonyl (C=O) groups is 2. The summed E-state index contributed by atoms with van der Waals surface area (Å²) >= 11 is 0. The number of amides is 2. The van der Waals surface area contributed by atoms with Gasteiger partial charge in [-0.25, -0.2) is 4.68 Å². The molecule has 0 saturated carbocycles. The van der Waals surface area contributed by atoms with Gasteiger partial charge < -0.3 is 15.4 Å². The number of rotatable bonds is 3. The van der Waals surface area contributed by atoms with E-state index in [2.05, 4.69) is 20.9 Å². The zero-order valence-corrected chi connectivity index (χ0v) is 14.8. The molecule has 2 N–H and O–H groups in total. The minimum Gasteiger partial charge on any atom is -0.482 e. The molecule has 2 amide bonds. The van der Waals surface area contributed by atoms with Crippen molar-refractivity contribution in [2.24, 2.45) is 0 Å². The molecule has 0 atom stereocenters. The lowest BCUT2D eigenvalue weighted by Crippen LogP contribution is -2.25. The van der Waals surface area contributed by atoms with Crippen LogP contribution in [0.1, 0.15) is 21.7 Å². The first-order valence-electron chi connectivity index (χ1n) is 8.38. The Labute approximate surface area is 155 Å². The highest BCUT2D eigenvalue weighted by molar-refractivity contribution is 6.04. The molecule has 1 aliphatic rings. The smallest absolute Gasteiger partial charge is 0.278 e. The van der Waals surface area contributed by atoms with Gasteiger partial charge in [-0.15, -0.1) is 5.10 Å². The minimum atomic E-state index is -0.380. The predicted molar refractivity (Wildman–Crippen MR) is 99.4 cm³/mol. The predicted octanol–water partition coefficient (Wildman–Crippen LogP) is 2.47. The Balaban J connectivity index is 1.57. The number of anilines is 2. The first-order valence-corrected chi connectivity index (χ1v) is 8.38. The van der Waals surface area contributed by atoms with Crippen molar-refractivity contribution in [2.45, 2.75) is 13.8 Å². The van der Waals surface area contributed by atoms with Crippen LogP contribution in [0.2, 0.25) is 0 Å². The second-order valence-corrected chi connectivity index (χ2v) is 6.28. The molecule has 3 aromatic rings. The van der Waals surface area contributed by atoms with Gasteiger partial charge in [-0.2, -0.15) is 0 Å². The average molecular weight is 363 g/mol. The van der Waals surface area contributed by atoms with Gasteiger partial charge in [0, 0.05) is 5.69 Å². The van der Waals surface area contributed by atoms with Crippen molar-refractivity contribution in [1.29, 1.82) is 0 Å². The molecule has 1 aliphatic heterocycles. The van der Waals surface area contributed by atoms with Gasteiger partial charge in [0.25, 0.3) is 11.8 Å². The molecule has 0 radical (unpaired) electrons. The fraction of sp³-hybridized carbons (Fsp3) is 0.158. The van der Waals surface area contributed by atoms with Gasteiger partial charge in [0.2, 0.25) is 0 Å². The fourth-order valence-corrected chi connectivity index (χ4v) is 2.90. The zero-order chi connectivity index (χ0) is 19.0. The summed E-state index contributed by atoms with van der Waals surface area (Å²) in [7, 11) is 0. The standard InChI is InChI=1S/C19H17N5O3/c1-11-4-3-5-14(8-11)24-12(2)18(22-23-24)19(26)20-13-6-7-16-15(9-13)21-17(25)10-27-16/h3-9H,10H2,1-2H3,(H,20,26)(H,21,25). The maximum Gasteiger partial charge on any atom is 0.278 e. The molecule has 136 valence electrons. The van der Waals surface area contributed by atoms with E-state index in [1.54, 1.807) is 29.8 Å². The highest BCUT2D eigenvalue weighted by Crippen LogP contribution is 2.30. The van der Waals surface area contributed by atoms with Crippen molar-refractivity contribution >= 4 is 23.2 Å². The van der Waals surface area contributed by atoms with Gasteiger partial charge >= 0.3 is 0 Å². The van der Waals surface area contributed by atoms with Crippen LogP contribution < -0.4 is 15.4 Å². The zero-order valence-electron chi connectivity index (χ0n) is 14.8. The van der Waals surface area contributed by atoms with Crippen LogP contribution in [0.5, 0.6) is 5.75 Å². The molecule has 0 spiro atoms. The van der Waals surface area contributed by atoms with E-state index >= 15 is 0 Å². The Bertz CT molecular complexity index is 1060. The number of nitrogens with zero attached hydrogens (tertiary/aromatic N) is 3. The molecule has 0 saturated heterocycles. The first-order chi connectivity index (χ1) is 13.0. The summed E-state index contributed by atoms with van der Waals surface area (Å²) in [6.45, 7) is 3.76. The number of fused-ring (bicyclic) bond motifs is 1. The summed E-state index contributed by atoms with van der Waals surface area (Å²) in [5.74, 6) is -0.0495. The number of aryl methyl sites for hydroxylation is 1. The lowest BCUT2D eigenvalue weighted by molar-refractivity contribution is -0.118. The van der Waals surface area contributed by atoms with Crippen molar-refractivity contribution in [3.63, 3.8) is 0 Å². The SMILES string of the molecule is Cc1cccc(-n2nnc(C(=O)Nc3ccc4c(c3)NC(=O)CO4)c2C)c1. The van der Waals surface area contributed by atoms with Crippen molar-refractivity contribution in [1.82, 2.24) is 15.0 Å². The molecule has 27 heavy (non-hydrogen) atoms. The third kappa shape index (κ3) is 3.24. The monoisotopic (exact) mass is 363 g/mol. The Morgan fingerprint density at radius 1 is 1.22 bits per heavy atom. The number of ether oxygens (including phenoxy) is 1. The van der Waals surface area contributed by atoms with E-state index in [1.807, 2.05) is 31.2 Å². The molecule has 0 unspecified atom stereocenters. The van der Waals surface area contributed by atoms with Crippen molar-refractivity contribution in [3.05, 3.63) is 59.4 Å². The Morgan fingerprint density at radius 3 is 2.89 bits per heavy atom. The minimum absolute atomic E-state index is 0.0139. The van der Waals surface area contributed by atoms with Crippen molar-refractivity contribution in [2.75, 3.05) is 17.2 Å². The van der Waals surface area contributed by atoms with Crippen LogP contribution in [-0.4, -0.2) is 33.4 Å². The molecular weight excluding hydrogens is 346 g/mol. The number of nitrogens with one attached hydrogen (secondary N) is 2. The van der Waals surface area contributed by atoms with Gasteiger partial charge in [-0.3, -0.25) is 9.59 Å². The van der Waals surface area contributed by atoms with Crippen LogP contribution in [0, 0.1) is 13.8 Å². The summed E-state index contributed by atoms with van der Waals surface area (Å²) in [6, 6.07) is 12.8.